The Hall–Kier alpha value is -1.59. The predicted molar refractivity (Wildman–Crippen MR) is 102 cm³/mol. The van der Waals surface area contributed by atoms with Crippen molar-refractivity contribution in [1.29, 1.82) is 0 Å². The van der Waals surface area contributed by atoms with Gasteiger partial charge in [0.1, 0.15) is 0 Å². The second-order valence-electron chi connectivity index (χ2n) is 9.09. The minimum atomic E-state index is -0.612. The fourth-order valence-electron chi connectivity index (χ4n) is 5.70. The molecule has 0 radical (unpaired) electrons. The van der Waals surface area contributed by atoms with Crippen LogP contribution in [0.1, 0.15) is 70.6 Å². The van der Waals surface area contributed by atoms with Crippen molar-refractivity contribution < 1.29 is 14.4 Å². The van der Waals surface area contributed by atoms with E-state index in [1.54, 1.807) is 0 Å². The minimum Gasteiger partial charge on any atom is -0.352 e. The topological polar surface area (TPSA) is 69.7 Å². The lowest BCUT2D eigenvalue weighted by Gasteiger charge is -2.51. The van der Waals surface area contributed by atoms with Crippen molar-refractivity contribution in [2.24, 2.45) is 11.3 Å². The molecule has 4 fully saturated rings. The maximum atomic E-state index is 13.5. The zero-order valence-electron chi connectivity index (χ0n) is 16.4. The summed E-state index contributed by atoms with van der Waals surface area (Å²) >= 11 is 0. The first-order valence-corrected chi connectivity index (χ1v) is 10.9. The van der Waals surface area contributed by atoms with E-state index in [4.69, 9.17) is 0 Å². The fourth-order valence-corrected chi connectivity index (χ4v) is 5.70. The molecule has 2 atom stereocenters. The average Bonchev–Trinajstić information content (AvgIpc) is 3.22. The first-order valence-electron chi connectivity index (χ1n) is 10.9. The van der Waals surface area contributed by atoms with E-state index in [-0.39, 0.29) is 23.8 Å². The number of carbonyl (C=O) groups excluding carboxylic acids is 3. The van der Waals surface area contributed by atoms with Crippen molar-refractivity contribution >= 4 is 17.7 Å². The standard InChI is InChI=1S/C21H33N3O3/c25-18-8-10-21(20(27)23-11-4-5-12-23)15-24(13-9-17(21)22-18)19(26)14-16-6-2-1-3-7-16/h16-17H,1-15H2,(H,22,25)/t17-,21+/m1/s1. The van der Waals surface area contributed by atoms with Crippen molar-refractivity contribution in [2.75, 3.05) is 26.2 Å². The number of nitrogens with one attached hydrogen (secondary N) is 1. The molecule has 1 saturated carbocycles. The summed E-state index contributed by atoms with van der Waals surface area (Å²) in [4.78, 5) is 42.3. The summed E-state index contributed by atoms with van der Waals surface area (Å²) < 4.78 is 0. The van der Waals surface area contributed by atoms with Crippen molar-refractivity contribution in [3.63, 3.8) is 0 Å². The third-order valence-electron chi connectivity index (χ3n) is 7.32. The van der Waals surface area contributed by atoms with Crippen LogP contribution >= 0.6 is 0 Å². The van der Waals surface area contributed by atoms with Gasteiger partial charge in [0.25, 0.3) is 0 Å². The molecule has 3 heterocycles. The number of amides is 3. The van der Waals surface area contributed by atoms with Gasteiger partial charge < -0.3 is 15.1 Å². The summed E-state index contributed by atoms with van der Waals surface area (Å²) in [6.07, 6.45) is 10.5. The van der Waals surface area contributed by atoms with Gasteiger partial charge >= 0.3 is 0 Å². The fraction of sp³-hybridized carbons (Fsp3) is 0.857. The zero-order valence-corrected chi connectivity index (χ0v) is 16.4. The van der Waals surface area contributed by atoms with Crippen LogP contribution in [0.15, 0.2) is 0 Å². The number of nitrogens with zero attached hydrogens (tertiary/aromatic N) is 2. The Morgan fingerprint density at radius 3 is 2.44 bits per heavy atom. The monoisotopic (exact) mass is 375 g/mol. The molecule has 3 aliphatic heterocycles. The number of likely N-dealkylation sites (tertiary alicyclic amines) is 2. The van der Waals surface area contributed by atoms with Crippen molar-refractivity contribution in [3.8, 4) is 0 Å². The normalized spacial score (nSPS) is 32.1. The summed E-state index contributed by atoms with van der Waals surface area (Å²) in [5.74, 6) is 0.943. The summed E-state index contributed by atoms with van der Waals surface area (Å²) in [5, 5.41) is 3.08. The van der Waals surface area contributed by atoms with E-state index in [9.17, 15) is 14.4 Å². The van der Waals surface area contributed by atoms with E-state index in [0.717, 1.165) is 38.8 Å². The van der Waals surface area contributed by atoms with Gasteiger partial charge in [0.05, 0.1) is 5.41 Å². The van der Waals surface area contributed by atoms with Crippen LogP contribution in [0.25, 0.3) is 0 Å². The van der Waals surface area contributed by atoms with E-state index in [0.29, 0.717) is 44.7 Å². The highest BCUT2D eigenvalue weighted by Crippen LogP contribution is 2.41. The maximum absolute atomic E-state index is 13.5. The Kier molecular flexibility index (Phi) is 5.42. The molecule has 0 spiro atoms. The SMILES string of the molecule is O=C1CC[C@]2(C(=O)N3CCCC3)CN(C(=O)CC3CCCCC3)CC[C@H]2N1. The van der Waals surface area contributed by atoms with Gasteiger partial charge in [-0.15, -0.1) is 0 Å². The Balaban J connectivity index is 1.49. The lowest BCUT2D eigenvalue weighted by molar-refractivity contribution is -0.155. The molecular formula is C21H33N3O3. The Morgan fingerprint density at radius 1 is 0.963 bits per heavy atom. The molecule has 0 aromatic heterocycles. The van der Waals surface area contributed by atoms with Crippen molar-refractivity contribution in [1.82, 2.24) is 15.1 Å². The molecule has 0 bridgehead atoms. The minimum absolute atomic E-state index is 0.0480. The van der Waals surface area contributed by atoms with E-state index in [2.05, 4.69) is 5.32 Å². The van der Waals surface area contributed by atoms with Gasteiger partial charge in [0.2, 0.25) is 17.7 Å². The molecule has 0 aromatic rings. The number of carbonyl (C=O) groups is 3. The first kappa shape index (κ1) is 18.8. The molecule has 150 valence electrons. The largest absolute Gasteiger partial charge is 0.352 e. The van der Waals surface area contributed by atoms with Crippen molar-refractivity contribution in [3.05, 3.63) is 0 Å². The van der Waals surface area contributed by atoms with Gasteiger partial charge in [0.15, 0.2) is 0 Å². The molecule has 3 amide bonds. The Morgan fingerprint density at radius 2 is 1.70 bits per heavy atom. The van der Waals surface area contributed by atoms with Crippen LogP contribution < -0.4 is 5.32 Å². The molecule has 1 N–H and O–H groups in total. The highest BCUT2D eigenvalue weighted by molar-refractivity contribution is 5.89. The lowest BCUT2D eigenvalue weighted by Crippen LogP contribution is -2.67. The van der Waals surface area contributed by atoms with Crippen LogP contribution in [0.4, 0.5) is 0 Å². The van der Waals surface area contributed by atoms with Crippen LogP contribution in [0.2, 0.25) is 0 Å². The van der Waals surface area contributed by atoms with Gasteiger partial charge in [0, 0.05) is 45.1 Å². The Labute approximate surface area is 162 Å². The van der Waals surface area contributed by atoms with Gasteiger partial charge in [-0.3, -0.25) is 14.4 Å². The lowest BCUT2D eigenvalue weighted by atomic mass is 9.68. The highest BCUT2D eigenvalue weighted by atomic mass is 16.2. The summed E-state index contributed by atoms with van der Waals surface area (Å²) in [7, 11) is 0. The third-order valence-corrected chi connectivity index (χ3v) is 7.32. The molecule has 3 saturated heterocycles. The van der Waals surface area contributed by atoms with Crippen LogP contribution in [-0.2, 0) is 14.4 Å². The second kappa shape index (κ2) is 7.80. The number of hydrogen-bond donors (Lipinski definition) is 1. The van der Waals surface area contributed by atoms with Crippen molar-refractivity contribution in [2.45, 2.75) is 76.7 Å². The van der Waals surface area contributed by atoms with E-state index >= 15 is 0 Å². The molecule has 4 rings (SSSR count). The first-order chi connectivity index (χ1) is 13.1. The van der Waals surface area contributed by atoms with Gasteiger partial charge in [-0.25, -0.2) is 0 Å². The smallest absolute Gasteiger partial charge is 0.232 e. The Bertz CT molecular complexity index is 595. The molecule has 6 nitrogen and oxygen atoms in total. The number of fused-ring (bicyclic) bond motifs is 1. The third kappa shape index (κ3) is 3.72. The summed E-state index contributed by atoms with van der Waals surface area (Å²) in [6.45, 7) is 2.78. The molecule has 0 aromatic carbocycles. The summed E-state index contributed by atoms with van der Waals surface area (Å²) in [6, 6.07) is -0.120. The molecule has 27 heavy (non-hydrogen) atoms. The van der Waals surface area contributed by atoms with E-state index in [1.807, 2.05) is 9.80 Å². The van der Waals surface area contributed by atoms with E-state index < -0.39 is 5.41 Å². The molecular weight excluding hydrogens is 342 g/mol. The van der Waals surface area contributed by atoms with Crippen LogP contribution in [0.3, 0.4) is 0 Å². The maximum Gasteiger partial charge on any atom is 0.232 e. The highest BCUT2D eigenvalue weighted by Gasteiger charge is 2.54. The second-order valence-corrected chi connectivity index (χ2v) is 9.09. The number of piperidine rings is 2. The predicted octanol–water partition coefficient (Wildman–Crippen LogP) is 2.08. The average molecular weight is 376 g/mol. The van der Waals surface area contributed by atoms with Crippen LogP contribution in [0.5, 0.6) is 0 Å². The number of hydrogen-bond acceptors (Lipinski definition) is 3. The zero-order chi connectivity index (χ0) is 18.9. The molecule has 1 aliphatic carbocycles. The summed E-state index contributed by atoms with van der Waals surface area (Å²) in [5.41, 5.74) is -0.612. The van der Waals surface area contributed by atoms with Gasteiger partial charge in [-0.1, -0.05) is 19.3 Å². The van der Waals surface area contributed by atoms with E-state index in [1.165, 1.54) is 19.3 Å². The van der Waals surface area contributed by atoms with Crippen LogP contribution in [0, 0.1) is 11.3 Å². The quantitative estimate of drug-likeness (QED) is 0.821. The molecule has 4 aliphatic rings. The molecule has 0 unspecified atom stereocenters. The van der Waals surface area contributed by atoms with Crippen LogP contribution in [-0.4, -0.2) is 59.7 Å². The molecule has 6 heteroatoms. The van der Waals surface area contributed by atoms with Gasteiger partial charge in [-0.2, -0.15) is 0 Å². The van der Waals surface area contributed by atoms with Gasteiger partial charge in [-0.05, 0) is 44.4 Å². The number of rotatable bonds is 3.